The Morgan fingerprint density at radius 2 is 2.06 bits per heavy atom. The topological polar surface area (TPSA) is 75.7 Å². The molecule has 0 aliphatic carbocycles. The van der Waals surface area contributed by atoms with Crippen molar-refractivity contribution in [1.29, 1.82) is 0 Å². The standard InChI is InChI=1S/C10H7ClN2O4/c11-7-3-1-2-6(4-7)5-17-13-9(15)8(14)12-10(13)16/h1-4H,5H2,(H,12,14,16). The van der Waals surface area contributed by atoms with Gasteiger partial charge in [-0.25, -0.2) is 4.79 Å². The predicted molar refractivity (Wildman–Crippen MR) is 56.6 cm³/mol. The third-order valence-electron chi connectivity index (χ3n) is 2.03. The molecule has 1 N–H and O–H groups in total. The second kappa shape index (κ2) is 4.52. The Labute approximate surface area is 101 Å². The van der Waals surface area contributed by atoms with Crippen LogP contribution in [0.5, 0.6) is 0 Å². The summed E-state index contributed by atoms with van der Waals surface area (Å²) in [7, 11) is 0. The first kappa shape index (κ1) is 11.6. The quantitative estimate of drug-likeness (QED) is 0.641. The lowest BCUT2D eigenvalue weighted by Crippen LogP contribution is -2.31. The number of nitrogens with zero attached hydrogens (tertiary/aromatic N) is 1. The third kappa shape index (κ3) is 2.43. The molecule has 1 saturated heterocycles. The van der Waals surface area contributed by atoms with Crippen molar-refractivity contribution < 1.29 is 19.2 Å². The molecule has 0 aromatic heterocycles. The molecular formula is C10H7ClN2O4. The van der Waals surface area contributed by atoms with E-state index in [9.17, 15) is 14.4 Å². The first-order valence-electron chi connectivity index (χ1n) is 4.64. The fraction of sp³-hybridized carbons (Fsp3) is 0.100. The smallest absolute Gasteiger partial charge is 0.267 e. The van der Waals surface area contributed by atoms with Gasteiger partial charge in [0.25, 0.3) is 0 Å². The maximum atomic E-state index is 11.1. The SMILES string of the molecule is O=C1NC(=O)N(OCc2cccc(Cl)c2)C1=O. The number of rotatable bonds is 3. The average molecular weight is 255 g/mol. The van der Waals surface area contributed by atoms with E-state index < -0.39 is 17.8 Å². The van der Waals surface area contributed by atoms with Crippen LogP contribution < -0.4 is 5.32 Å². The van der Waals surface area contributed by atoms with Crippen LogP contribution in [-0.2, 0) is 21.0 Å². The third-order valence-corrected chi connectivity index (χ3v) is 2.27. The fourth-order valence-corrected chi connectivity index (χ4v) is 1.48. The van der Waals surface area contributed by atoms with Crippen molar-refractivity contribution >= 4 is 29.4 Å². The van der Waals surface area contributed by atoms with Gasteiger partial charge in [0.05, 0.1) is 0 Å². The molecule has 0 bridgehead atoms. The minimum absolute atomic E-state index is 0.0347. The van der Waals surface area contributed by atoms with E-state index in [0.717, 1.165) is 0 Å². The molecule has 6 nitrogen and oxygen atoms in total. The summed E-state index contributed by atoms with van der Waals surface area (Å²) in [4.78, 5) is 38.0. The zero-order chi connectivity index (χ0) is 12.4. The van der Waals surface area contributed by atoms with Crippen LogP contribution in [0.25, 0.3) is 0 Å². The molecule has 0 unspecified atom stereocenters. The highest BCUT2D eigenvalue weighted by molar-refractivity contribution is 6.44. The molecule has 1 aliphatic rings. The van der Waals surface area contributed by atoms with Gasteiger partial charge in [0.2, 0.25) is 0 Å². The number of hydroxylamine groups is 2. The van der Waals surface area contributed by atoms with Crippen molar-refractivity contribution in [3.8, 4) is 0 Å². The van der Waals surface area contributed by atoms with E-state index in [4.69, 9.17) is 16.4 Å². The zero-order valence-corrected chi connectivity index (χ0v) is 9.23. The van der Waals surface area contributed by atoms with Crippen molar-refractivity contribution in [3.05, 3.63) is 34.9 Å². The first-order chi connectivity index (χ1) is 8.08. The first-order valence-corrected chi connectivity index (χ1v) is 5.02. The highest BCUT2D eigenvalue weighted by Gasteiger charge is 2.38. The number of benzene rings is 1. The lowest BCUT2D eigenvalue weighted by atomic mass is 10.2. The molecular weight excluding hydrogens is 248 g/mol. The van der Waals surface area contributed by atoms with E-state index in [0.29, 0.717) is 15.6 Å². The van der Waals surface area contributed by atoms with Gasteiger partial charge in [-0.1, -0.05) is 23.7 Å². The summed E-state index contributed by atoms with van der Waals surface area (Å²) in [6.45, 7) is -0.0347. The Hall–Kier alpha value is -1.92. The van der Waals surface area contributed by atoms with Gasteiger partial charge in [-0.05, 0) is 17.7 Å². The number of hydrogen-bond acceptors (Lipinski definition) is 4. The minimum Gasteiger partial charge on any atom is -0.267 e. The number of nitrogens with one attached hydrogen (secondary N) is 1. The van der Waals surface area contributed by atoms with Crippen LogP contribution in [0.15, 0.2) is 24.3 Å². The molecule has 1 heterocycles. The average Bonchev–Trinajstić information content (AvgIpc) is 2.51. The number of hydrogen-bond donors (Lipinski definition) is 1. The molecule has 1 fully saturated rings. The summed E-state index contributed by atoms with van der Waals surface area (Å²) in [5.74, 6) is -2.03. The Balaban J connectivity index is 2.01. The lowest BCUT2D eigenvalue weighted by molar-refractivity contribution is -0.169. The highest BCUT2D eigenvalue weighted by Crippen LogP contribution is 2.13. The summed E-state index contributed by atoms with van der Waals surface area (Å²) in [6, 6.07) is 5.84. The molecule has 0 saturated carbocycles. The Bertz CT molecular complexity index is 503. The number of urea groups is 1. The Kier molecular flexibility index (Phi) is 3.08. The van der Waals surface area contributed by atoms with Crippen LogP contribution in [0.4, 0.5) is 4.79 Å². The lowest BCUT2D eigenvalue weighted by Gasteiger charge is -2.10. The number of carbonyl (C=O) groups excluding carboxylic acids is 3. The van der Waals surface area contributed by atoms with Crippen LogP contribution in [0.3, 0.4) is 0 Å². The monoisotopic (exact) mass is 254 g/mol. The van der Waals surface area contributed by atoms with Crippen molar-refractivity contribution in [2.24, 2.45) is 0 Å². The van der Waals surface area contributed by atoms with E-state index in [1.165, 1.54) is 0 Å². The molecule has 2 rings (SSSR count). The molecule has 1 aliphatic heterocycles. The molecule has 0 atom stereocenters. The molecule has 1 aromatic carbocycles. The van der Waals surface area contributed by atoms with Gasteiger partial charge in [-0.15, -0.1) is 5.06 Å². The largest absolute Gasteiger partial charge is 0.356 e. The molecule has 17 heavy (non-hydrogen) atoms. The van der Waals surface area contributed by atoms with Crippen LogP contribution in [0.2, 0.25) is 5.02 Å². The van der Waals surface area contributed by atoms with Crippen molar-refractivity contribution in [2.75, 3.05) is 0 Å². The summed E-state index contributed by atoms with van der Waals surface area (Å²) in [5, 5.41) is 2.72. The van der Waals surface area contributed by atoms with E-state index in [1.54, 1.807) is 24.3 Å². The van der Waals surface area contributed by atoms with Crippen LogP contribution in [-0.4, -0.2) is 22.9 Å². The molecule has 4 amide bonds. The van der Waals surface area contributed by atoms with Crippen LogP contribution >= 0.6 is 11.6 Å². The van der Waals surface area contributed by atoms with Crippen molar-refractivity contribution in [1.82, 2.24) is 10.4 Å². The molecule has 0 spiro atoms. The van der Waals surface area contributed by atoms with Gasteiger partial charge in [0, 0.05) is 5.02 Å². The molecule has 1 aromatic rings. The Morgan fingerprint density at radius 3 is 2.65 bits per heavy atom. The zero-order valence-electron chi connectivity index (χ0n) is 8.47. The van der Waals surface area contributed by atoms with E-state index in [-0.39, 0.29) is 6.61 Å². The summed E-state index contributed by atoms with van der Waals surface area (Å²) in [5.41, 5.74) is 0.678. The van der Waals surface area contributed by atoms with Crippen molar-refractivity contribution in [2.45, 2.75) is 6.61 Å². The number of halogens is 1. The van der Waals surface area contributed by atoms with Crippen molar-refractivity contribution in [3.63, 3.8) is 0 Å². The van der Waals surface area contributed by atoms with Crippen LogP contribution in [0, 0.1) is 0 Å². The van der Waals surface area contributed by atoms with E-state index in [1.807, 2.05) is 5.32 Å². The number of imide groups is 2. The maximum Gasteiger partial charge on any atom is 0.356 e. The molecule has 7 heteroatoms. The summed E-state index contributed by atoms with van der Waals surface area (Å²) < 4.78 is 0. The van der Waals surface area contributed by atoms with Crippen LogP contribution in [0.1, 0.15) is 5.56 Å². The second-order valence-electron chi connectivity index (χ2n) is 3.26. The van der Waals surface area contributed by atoms with Gasteiger partial charge in [-0.2, -0.15) is 0 Å². The number of amides is 4. The minimum atomic E-state index is -1.03. The van der Waals surface area contributed by atoms with Gasteiger partial charge < -0.3 is 0 Å². The molecule has 0 radical (unpaired) electrons. The Morgan fingerprint density at radius 1 is 1.29 bits per heavy atom. The van der Waals surface area contributed by atoms with Gasteiger partial charge >= 0.3 is 17.8 Å². The second-order valence-corrected chi connectivity index (χ2v) is 3.70. The van der Waals surface area contributed by atoms with Gasteiger partial charge in [0.15, 0.2) is 0 Å². The maximum absolute atomic E-state index is 11.1. The van der Waals surface area contributed by atoms with Gasteiger partial charge in [0.1, 0.15) is 6.61 Å². The predicted octanol–water partition coefficient (Wildman–Crippen LogP) is 0.850. The fourth-order valence-electron chi connectivity index (χ4n) is 1.27. The molecule has 88 valence electrons. The van der Waals surface area contributed by atoms with Gasteiger partial charge in [-0.3, -0.25) is 19.7 Å². The number of carbonyl (C=O) groups is 3. The normalized spacial score (nSPS) is 15.4. The summed E-state index contributed by atoms with van der Waals surface area (Å²) in [6.07, 6.45) is 0. The highest BCUT2D eigenvalue weighted by atomic mass is 35.5. The summed E-state index contributed by atoms with van der Waals surface area (Å²) >= 11 is 5.75. The van der Waals surface area contributed by atoms with E-state index in [2.05, 4.69) is 0 Å². The van der Waals surface area contributed by atoms with E-state index >= 15 is 0 Å².